The summed E-state index contributed by atoms with van der Waals surface area (Å²) in [6.45, 7) is 3.94. The van der Waals surface area contributed by atoms with Crippen LogP contribution in [0.1, 0.15) is 34.0 Å². The Morgan fingerprint density at radius 2 is 2.20 bits per heavy atom. The van der Waals surface area contributed by atoms with Crippen molar-refractivity contribution in [1.29, 1.82) is 5.26 Å². The largest absolute Gasteiger partial charge is 0.465 e. The van der Waals surface area contributed by atoms with Crippen LogP contribution in [0.3, 0.4) is 0 Å². The van der Waals surface area contributed by atoms with Gasteiger partial charge in [0, 0.05) is 0 Å². The van der Waals surface area contributed by atoms with Gasteiger partial charge in [-0.2, -0.15) is 5.26 Å². The lowest BCUT2D eigenvalue weighted by molar-refractivity contribution is 0.0600. The molecule has 0 amide bonds. The van der Waals surface area contributed by atoms with E-state index in [4.69, 9.17) is 5.26 Å². The summed E-state index contributed by atoms with van der Waals surface area (Å²) >= 11 is 0. The first-order valence-electron chi connectivity index (χ1n) is 4.76. The molecule has 0 N–H and O–H groups in total. The molecular weight excluding hydrogens is 190 g/mol. The molecule has 0 unspecified atom stereocenters. The molecule has 3 nitrogen and oxygen atoms in total. The Hall–Kier alpha value is -1.82. The zero-order valence-electron chi connectivity index (χ0n) is 9.13. The third-order valence-corrected chi connectivity index (χ3v) is 2.38. The molecular formula is C12H13NO2. The van der Waals surface area contributed by atoms with Gasteiger partial charge in [-0.15, -0.1) is 0 Å². The van der Waals surface area contributed by atoms with Crippen molar-refractivity contribution in [3.8, 4) is 6.07 Å². The Bertz CT molecular complexity index is 430. The van der Waals surface area contributed by atoms with Crippen molar-refractivity contribution < 1.29 is 9.53 Å². The maximum Gasteiger partial charge on any atom is 0.339 e. The van der Waals surface area contributed by atoms with Crippen LogP contribution in [-0.4, -0.2) is 13.1 Å². The molecule has 1 rings (SSSR count). The lowest BCUT2D eigenvalue weighted by Gasteiger charge is -2.07. The Kier molecular flexibility index (Phi) is 3.46. The van der Waals surface area contributed by atoms with Gasteiger partial charge < -0.3 is 4.74 Å². The molecule has 0 bridgehead atoms. The maximum atomic E-state index is 11.4. The van der Waals surface area contributed by atoms with Gasteiger partial charge in [0.05, 0.1) is 18.2 Å². The first kappa shape index (κ1) is 11.3. The first-order chi connectivity index (χ1) is 7.13. The first-order valence-corrected chi connectivity index (χ1v) is 4.76. The van der Waals surface area contributed by atoms with E-state index in [2.05, 4.69) is 4.74 Å². The van der Waals surface area contributed by atoms with Crippen molar-refractivity contribution in [3.63, 3.8) is 0 Å². The van der Waals surface area contributed by atoms with Crippen LogP contribution >= 0.6 is 0 Å². The molecule has 0 aliphatic rings. The van der Waals surface area contributed by atoms with Gasteiger partial charge in [0.2, 0.25) is 0 Å². The third-order valence-electron chi connectivity index (χ3n) is 2.38. The van der Waals surface area contributed by atoms with Crippen molar-refractivity contribution in [3.05, 3.63) is 34.4 Å². The van der Waals surface area contributed by atoms with E-state index in [0.717, 1.165) is 17.5 Å². The normalized spacial score (nSPS) is 9.47. The molecule has 3 heteroatoms. The van der Waals surface area contributed by atoms with E-state index in [1.54, 1.807) is 12.1 Å². The molecule has 78 valence electrons. The minimum absolute atomic E-state index is 0.342. The second-order valence-corrected chi connectivity index (χ2v) is 3.28. The molecule has 0 radical (unpaired) electrons. The highest BCUT2D eigenvalue weighted by Gasteiger charge is 2.13. The zero-order chi connectivity index (χ0) is 11.4. The molecule has 1 aromatic carbocycles. The molecule has 0 saturated heterocycles. The number of methoxy groups -OCH3 is 1. The van der Waals surface area contributed by atoms with Crippen LogP contribution in [0.2, 0.25) is 0 Å². The Morgan fingerprint density at radius 3 is 2.67 bits per heavy atom. The second kappa shape index (κ2) is 4.61. The van der Waals surface area contributed by atoms with Crippen LogP contribution in [0, 0.1) is 18.3 Å². The van der Waals surface area contributed by atoms with Crippen LogP contribution < -0.4 is 0 Å². The van der Waals surface area contributed by atoms with Gasteiger partial charge in [-0.3, -0.25) is 0 Å². The molecule has 0 spiro atoms. The van der Waals surface area contributed by atoms with E-state index in [-0.39, 0.29) is 0 Å². The summed E-state index contributed by atoms with van der Waals surface area (Å²) in [5.74, 6) is -0.461. The SMILES string of the molecule is CCc1cc(C#N)c(C(=O)OC)cc1C. The predicted octanol–water partition coefficient (Wildman–Crippen LogP) is 2.22. The topological polar surface area (TPSA) is 50.1 Å². The Labute approximate surface area is 89.3 Å². The van der Waals surface area contributed by atoms with E-state index in [0.29, 0.717) is 11.1 Å². The molecule has 0 heterocycles. The minimum atomic E-state index is -0.461. The lowest BCUT2D eigenvalue weighted by Crippen LogP contribution is -2.06. The number of hydrogen-bond donors (Lipinski definition) is 0. The number of carbonyl (C=O) groups excluding carboxylic acids is 1. The van der Waals surface area contributed by atoms with Gasteiger partial charge >= 0.3 is 5.97 Å². The molecule has 1 aromatic rings. The quantitative estimate of drug-likeness (QED) is 0.692. The van der Waals surface area contributed by atoms with Crippen molar-refractivity contribution in [2.45, 2.75) is 20.3 Å². The van der Waals surface area contributed by atoms with Crippen molar-refractivity contribution in [2.24, 2.45) is 0 Å². The van der Waals surface area contributed by atoms with Crippen molar-refractivity contribution in [2.75, 3.05) is 7.11 Å². The molecule has 0 saturated carbocycles. The van der Waals surface area contributed by atoms with Crippen molar-refractivity contribution >= 4 is 5.97 Å². The highest BCUT2D eigenvalue weighted by Crippen LogP contribution is 2.17. The van der Waals surface area contributed by atoms with Gasteiger partial charge in [-0.25, -0.2) is 4.79 Å². The smallest absolute Gasteiger partial charge is 0.339 e. The zero-order valence-corrected chi connectivity index (χ0v) is 9.13. The van der Waals surface area contributed by atoms with Gasteiger partial charge in [0.25, 0.3) is 0 Å². The molecule has 0 aliphatic carbocycles. The summed E-state index contributed by atoms with van der Waals surface area (Å²) < 4.78 is 4.62. The summed E-state index contributed by atoms with van der Waals surface area (Å²) in [7, 11) is 1.31. The molecule has 0 aliphatic heterocycles. The summed E-state index contributed by atoms with van der Waals surface area (Å²) in [4.78, 5) is 11.4. The highest BCUT2D eigenvalue weighted by atomic mass is 16.5. The van der Waals surface area contributed by atoms with Crippen LogP contribution in [-0.2, 0) is 11.2 Å². The predicted molar refractivity (Wildman–Crippen MR) is 56.6 cm³/mol. The number of ether oxygens (including phenoxy) is 1. The van der Waals surface area contributed by atoms with Crippen LogP contribution in [0.4, 0.5) is 0 Å². The number of aryl methyl sites for hydroxylation is 2. The number of hydrogen-bond acceptors (Lipinski definition) is 3. The van der Waals surface area contributed by atoms with E-state index in [1.807, 2.05) is 19.9 Å². The van der Waals surface area contributed by atoms with Gasteiger partial charge in [0.1, 0.15) is 6.07 Å². The number of nitriles is 1. The fraction of sp³-hybridized carbons (Fsp3) is 0.333. The van der Waals surface area contributed by atoms with E-state index in [1.165, 1.54) is 7.11 Å². The Balaban J connectivity index is 3.35. The lowest BCUT2D eigenvalue weighted by atomic mass is 9.98. The Morgan fingerprint density at radius 1 is 1.53 bits per heavy atom. The third kappa shape index (κ3) is 2.16. The van der Waals surface area contributed by atoms with E-state index < -0.39 is 5.97 Å². The maximum absolute atomic E-state index is 11.4. The summed E-state index contributed by atoms with van der Waals surface area (Å²) in [5.41, 5.74) is 2.81. The molecule has 15 heavy (non-hydrogen) atoms. The number of carbonyl (C=O) groups is 1. The molecule has 0 atom stereocenters. The average molecular weight is 203 g/mol. The van der Waals surface area contributed by atoms with Crippen molar-refractivity contribution in [1.82, 2.24) is 0 Å². The summed E-state index contributed by atoms with van der Waals surface area (Å²) in [5, 5.41) is 8.92. The fourth-order valence-corrected chi connectivity index (χ4v) is 1.51. The standard InChI is InChI=1S/C12H13NO2/c1-4-9-6-10(7-13)11(5-8(9)2)12(14)15-3/h5-6H,4H2,1-3H3. The van der Waals surface area contributed by atoms with Gasteiger partial charge in [-0.1, -0.05) is 6.92 Å². The number of benzene rings is 1. The van der Waals surface area contributed by atoms with Crippen LogP contribution in [0.15, 0.2) is 12.1 Å². The number of rotatable bonds is 2. The fourth-order valence-electron chi connectivity index (χ4n) is 1.51. The summed E-state index contributed by atoms with van der Waals surface area (Å²) in [6.07, 6.45) is 0.849. The van der Waals surface area contributed by atoms with Crippen LogP contribution in [0.5, 0.6) is 0 Å². The second-order valence-electron chi connectivity index (χ2n) is 3.28. The van der Waals surface area contributed by atoms with E-state index in [9.17, 15) is 4.79 Å². The van der Waals surface area contributed by atoms with Gasteiger partial charge in [-0.05, 0) is 36.6 Å². The summed E-state index contributed by atoms with van der Waals surface area (Å²) in [6, 6.07) is 5.48. The van der Waals surface area contributed by atoms with Gasteiger partial charge in [0.15, 0.2) is 0 Å². The van der Waals surface area contributed by atoms with E-state index >= 15 is 0 Å². The number of esters is 1. The monoisotopic (exact) mass is 203 g/mol. The molecule has 0 fully saturated rings. The molecule has 0 aromatic heterocycles. The average Bonchev–Trinajstić information content (AvgIpc) is 2.27. The van der Waals surface area contributed by atoms with Crippen LogP contribution in [0.25, 0.3) is 0 Å². The minimum Gasteiger partial charge on any atom is -0.465 e. The number of nitrogens with zero attached hydrogens (tertiary/aromatic N) is 1. The highest BCUT2D eigenvalue weighted by molar-refractivity contribution is 5.92.